The SMILES string of the molecule is Cc1nc(C2CN(S(=O)(=O)c3c(C)c(C)cc(C)c3C)CC23CCOCC3)no1. The minimum atomic E-state index is -3.65. The van der Waals surface area contributed by atoms with Crippen LogP contribution in [0.15, 0.2) is 15.5 Å². The average molecular weight is 420 g/mol. The number of sulfonamides is 1. The molecule has 0 aliphatic carbocycles. The molecule has 2 saturated heterocycles. The lowest BCUT2D eigenvalue weighted by atomic mass is 9.72. The molecule has 1 spiro atoms. The van der Waals surface area contributed by atoms with Crippen LogP contribution in [0.2, 0.25) is 0 Å². The van der Waals surface area contributed by atoms with E-state index in [1.165, 1.54) is 0 Å². The molecule has 29 heavy (non-hydrogen) atoms. The summed E-state index contributed by atoms with van der Waals surface area (Å²) in [6, 6.07) is 2.05. The van der Waals surface area contributed by atoms with Crippen molar-refractivity contribution in [3.8, 4) is 0 Å². The van der Waals surface area contributed by atoms with Crippen LogP contribution in [-0.4, -0.2) is 49.2 Å². The van der Waals surface area contributed by atoms with Crippen LogP contribution in [0.25, 0.3) is 0 Å². The van der Waals surface area contributed by atoms with E-state index in [1.807, 2.05) is 27.7 Å². The number of benzene rings is 1. The number of hydrogen-bond acceptors (Lipinski definition) is 6. The molecule has 3 heterocycles. The number of nitrogens with zero attached hydrogens (tertiary/aromatic N) is 3. The van der Waals surface area contributed by atoms with Gasteiger partial charge in [0.25, 0.3) is 0 Å². The van der Waals surface area contributed by atoms with E-state index in [1.54, 1.807) is 11.2 Å². The molecule has 1 atom stereocenters. The van der Waals surface area contributed by atoms with Crippen molar-refractivity contribution in [2.24, 2.45) is 5.41 Å². The predicted molar refractivity (Wildman–Crippen MR) is 108 cm³/mol. The van der Waals surface area contributed by atoms with Gasteiger partial charge < -0.3 is 9.26 Å². The molecule has 1 aromatic carbocycles. The van der Waals surface area contributed by atoms with Crippen molar-refractivity contribution in [1.29, 1.82) is 0 Å². The summed E-state index contributed by atoms with van der Waals surface area (Å²) in [5.41, 5.74) is 3.43. The molecular formula is C21H29N3O4S. The Kier molecular flexibility index (Phi) is 5.07. The van der Waals surface area contributed by atoms with Crippen LogP contribution in [-0.2, 0) is 14.8 Å². The lowest BCUT2D eigenvalue weighted by Gasteiger charge is -2.36. The summed E-state index contributed by atoms with van der Waals surface area (Å²) in [5, 5.41) is 4.15. The van der Waals surface area contributed by atoms with Crippen LogP contribution >= 0.6 is 0 Å². The van der Waals surface area contributed by atoms with Gasteiger partial charge in [0.15, 0.2) is 5.82 Å². The van der Waals surface area contributed by atoms with Crippen molar-refractivity contribution in [3.05, 3.63) is 40.0 Å². The second-order valence-electron chi connectivity index (χ2n) is 8.59. The van der Waals surface area contributed by atoms with E-state index in [0.29, 0.717) is 42.9 Å². The maximum atomic E-state index is 13.8. The summed E-state index contributed by atoms with van der Waals surface area (Å²) in [4.78, 5) is 4.90. The van der Waals surface area contributed by atoms with Gasteiger partial charge in [-0.05, 0) is 68.2 Å². The molecule has 1 unspecified atom stereocenters. The van der Waals surface area contributed by atoms with Crippen LogP contribution < -0.4 is 0 Å². The third-order valence-electron chi connectivity index (χ3n) is 6.86. The maximum absolute atomic E-state index is 13.8. The standard InChI is InChI=1S/C21H29N3O4S/c1-13-10-14(2)16(4)19(15(13)3)29(25,26)24-11-18(20-22-17(5)28-23-20)21(12-24)6-8-27-9-7-21/h10,18H,6-9,11-12H2,1-5H3. The lowest BCUT2D eigenvalue weighted by molar-refractivity contribution is 0.0132. The van der Waals surface area contributed by atoms with E-state index < -0.39 is 10.0 Å². The summed E-state index contributed by atoms with van der Waals surface area (Å²) >= 11 is 0. The van der Waals surface area contributed by atoms with Crippen LogP contribution in [0.5, 0.6) is 0 Å². The Hall–Kier alpha value is -1.77. The zero-order valence-electron chi connectivity index (χ0n) is 17.8. The zero-order valence-corrected chi connectivity index (χ0v) is 18.6. The van der Waals surface area contributed by atoms with Gasteiger partial charge in [-0.3, -0.25) is 0 Å². The Morgan fingerprint density at radius 2 is 1.69 bits per heavy atom. The fourth-order valence-electron chi connectivity index (χ4n) is 4.90. The number of rotatable bonds is 3. The fourth-order valence-corrected chi connectivity index (χ4v) is 7.03. The van der Waals surface area contributed by atoms with Crippen LogP contribution in [0, 0.1) is 40.0 Å². The number of hydrogen-bond donors (Lipinski definition) is 0. The maximum Gasteiger partial charge on any atom is 0.243 e. The van der Waals surface area contributed by atoms with Crippen LogP contribution in [0.3, 0.4) is 0 Å². The van der Waals surface area contributed by atoms with E-state index in [9.17, 15) is 8.42 Å². The van der Waals surface area contributed by atoms with Crippen molar-refractivity contribution >= 4 is 10.0 Å². The Morgan fingerprint density at radius 3 is 2.24 bits per heavy atom. The molecule has 2 aliphatic rings. The van der Waals surface area contributed by atoms with Gasteiger partial charge in [-0.25, -0.2) is 8.42 Å². The minimum absolute atomic E-state index is 0.0925. The minimum Gasteiger partial charge on any atom is -0.381 e. The van der Waals surface area contributed by atoms with Gasteiger partial charge in [0.2, 0.25) is 15.9 Å². The quantitative estimate of drug-likeness (QED) is 0.759. The summed E-state index contributed by atoms with van der Waals surface area (Å²) in [6.07, 6.45) is 1.59. The van der Waals surface area contributed by atoms with Gasteiger partial charge in [-0.2, -0.15) is 9.29 Å². The second kappa shape index (κ2) is 7.18. The van der Waals surface area contributed by atoms with Gasteiger partial charge in [0.05, 0.1) is 4.90 Å². The molecule has 1 aromatic heterocycles. The number of ether oxygens (including phenoxy) is 1. The molecule has 0 saturated carbocycles. The third-order valence-corrected chi connectivity index (χ3v) is 8.94. The third kappa shape index (κ3) is 3.31. The lowest BCUT2D eigenvalue weighted by Crippen LogP contribution is -2.37. The molecule has 8 heteroatoms. The van der Waals surface area contributed by atoms with Gasteiger partial charge in [0, 0.05) is 39.1 Å². The highest BCUT2D eigenvalue weighted by Crippen LogP contribution is 2.50. The van der Waals surface area contributed by atoms with E-state index >= 15 is 0 Å². The van der Waals surface area contributed by atoms with E-state index in [2.05, 4.69) is 16.2 Å². The topological polar surface area (TPSA) is 85.5 Å². The molecular weight excluding hydrogens is 390 g/mol. The molecule has 2 aliphatic heterocycles. The van der Waals surface area contributed by atoms with Crippen molar-refractivity contribution in [1.82, 2.24) is 14.4 Å². The second-order valence-corrected chi connectivity index (χ2v) is 10.5. The Labute approximate surface area is 172 Å². The van der Waals surface area contributed by atoms with Gasteiger partial charge in [0.1, 0.15) is 0 Å². The molecule has 0 N–H and O–H groups in total. The highest BCUT2D eigenvalue weighted by atomic mass is 32.2. The smallest absolute Gasteiger partial charge is 0.243 e. The van der Waals surface area contributed by atoms with E-state index in [-0.39, 0.29) is 11.3 Å². The van der Waals surface area contributed by atoms with Crippen LogP contribution in [0.1, 0.15) is 52.7 Å². The van der Waals surface area contributed by atoms with Gasteiger partial charge in [-0.15, -0.1) is 0 Å². The summed E-state index contributed by atoms with van der Waals surface area (Å²) < 4.78 is 40.1. The summed E-state index contributed by atoms with van der Waals surface area (Å²) in [7, 11) is -3.65. The normalized spacial score (nSPS) is 22.4. The molecule has 0 amide bonds. The largest absolute Gasteiger partial charge is 0.381 e. The predicted octanol–water partition coefficient (Wildman–Crippen LogP) is 3.20. The first-order valence-electron chi connectivity index (χ1n) is 10.1. The van der Waals surface area contributed by atoms with Crippen molar-refractivity contribution in [3.63, 3.8) is 0 Å². The van der Waals surface area contributed by atoms with Gasteiger partial charge >= 0.3 is 0 Å². The molecule has 0 bridgehead atoms. The first-order valence-corrected chi connectivity index (χ1v) is 11.6. The van der Waals surface area contributed by atoms with Crippen LogP contribution in [0.4, 0.5) is 0 Å². The first kappa shape index (κ1) is 20.5. The fraction of sp³-hybridized carbons (Fsp3) is 0.619. The Balaban J connectivity index is 1.78. The molecule has 7 nitrogen and oxygen atoms in total. The Bertz CT molecular complexity index is 1010. The molecule has 4 rings (SSSR count). The van der Waals surface area contributed by atoms with Crippen molar-refractivity contribution in [2.75, 3.05) is 26.3 Å². The first-order chi connectivity index (χ1) is 13.7. The van der Waals surface area contributed by atoms with Crippen molar-refractivity contribution in [2.45, 2.75) is 58.3 Å². The number of aromatic nitrogens is 2. The summed E-state index contributed by atoms with van der Waals surface area (Å²) in [5.74, 6) is 1.02. The molecule has 158 valence electrons. The van der Waals surface area contributed by atoms with Crippen molar-refractivity contribution < 1.29 is 17.7 Å². The molecule has 2 fully saturated rings. The highest BCUT2D eigenvalue weighted by molar-refractivity contribution is 7.89. The molecule has 2 aromatic rings. The number of aryl methyl sites for hydroxylation is 3. The van der Waals surface area contributed by atoms with E-state index in [4.69, 9.17) is 9.26 Å². The average Bonchev–Trinajstić information content (AvgIpc) is 3.25. The van der Waals surface area contributed by atoms with Gasteiger partial charge in [-0.1, -0.05) is 11.2 Å². The molecule has 0 radical (unpaired) electrons. The monoisotopic (exact) mass is 419 g/mol. The highest BCUT2D eigenvalue weighted by Gasteiger charge is 2.53. The summed E-state index contributed by atoms with van der Waals surface area (Å²) in [6.45, 7) is 11.6. The zero-order chi connectivity index (χ0) is 21.0. The Morgan fingerprint density at radius 1 is 1.07 bits per heavy atom. The van der Waals surface area contributed by atoms with E-state index in [0.717, 1.165) is 35.1 Å².